The maximum atomic E-state index is 13.2. The lowest BCUT2D eigenvalue weighted by atomic mass is 9.99. The van der Waals surface area contributed by atoms with Crippen molar-refractivity contribution >= 4 is 56.1 Å². The van der Waals surface area contributed by atoms with Crippen molar-refractivity contribution < 1.29 is 27.5 Å². The third-order valence-electron chi connectivity index (χ3n) is 5.97. The van der Waals surface area contributed by atoms with Gasteiger partial charge in [-0.15, -0.1) is 0 Å². The first-order chi connectivity index (χ1) is 18.6. The van der Waals surface area contributed by atoms with Crippen LogP contribution in [0, 0.1) is 0 Å². The Balaban J connectivity index is 1.66. The van der Waals surface area contributed by atoms with Crippen molar-refractivity contribution in [2.45, 2.75) is 6.92 Å². The van der Waals surface area contributed by atoms with Crippen molar-refractivity contribution in [1.82, 2.24) is 4.72 Å². The largest absolute Gasteiger partial charge is 0.462 e. The first-order valence-electron chi connectivity index (χ1n) is 12.1. The number of hydrogen-bond acceptors (Lipinski definition) is 7. The first kappa shape index (κ1) is 27.6. The number of nitrogens with one attached hydrogen (secondary N) is 3. The molecule has 2 amide bonds. The maximum absolute atomic E-state index is 13.2. The van der Waals surface area contributed by atoms with Crippen LogP contribution in [0.2, 0.25) is 0 Å². The van der Waals surface area contributed by atoms with E-state index in [1.54, 1.807) is 56.4 Å². The van der Waals surface area contributed by atoms with Crippen LogP contribution in [0.3, 0.4) is 0 Å². The number of esters is 1. The van der Waals surface area contributed by atoms with Gasteiger partial charge in [0.1, 0.15) is 0 Å². The fourth-order valence-corrected chi connectivity index (χ4v) is 4.40. The molecule has 0 bridgehead atoms. The van der Waals surface area contributed by atoms with E-state index in [4.69, 9.17) is 4.74 Å². The predicted octanol–water partition coefficient (Wildman–Crippen LogP) is 3.31. The molecule has 3 N–H and O–H groups in total. The van der Waals surface area contributed by atoms with Crippen LogP contribution < -0.4 is 20.3 Å². The Kier molecular flexibility index (Phi) is 8.12. The molecule has 0 atom stereocenters. The van der Waals surface area contributed by atoms with Crippen molar-refractivity contribution in [2.24, 2.45) is 0 Å². The topological polar surface area (TPSA) is 134 Å². The standard InChI is InChI=1S/C28H28N4O6S/c1-4-38-28(35)19-10-15-22-23(16-19)31-27(34)25(22)26(18-8-6-5-7-9-18)30-20-11-13-21(14-12-20)32(2)24(33)17-29-39(3,36)37/h5-16,29-30H,4,17H2,1-3H3,(H,31,34)/b26-25-. The molecule has 10 nitrogen and oxygen atoms in total. The summed E-state index contributed by atoms with van der Waals surface area (Å²) in [7, 11) is -1.94. The average molecular weight is 549 g/mol. The Bertz CT molecular complexity index is 1550. The Morgan fingerprint density at radius 1 is 0.974 bits per heavy atom. The molecule has 4 rings (SSSR count). The number of ether oxygens (including phenoxy) is 1. The van der Waals surface area contributed by atoms with E-state index in [1.807, 2.05) is 30.3 Å². The van der Waals surface area contributed by atoms with E-state index in [1.165, 1.54) is 4.90 Å². The van der Waals surface area contributed by atoms with Gasteiger partial charge in [-0.25, -0.2) is 17.9 Å². The number of hydrogen-bond donors (Lipinski definition) is 3. The molecular weight excluding hydrogens is 520 g/mol. The number of likely N-dealkylation sites (N-methyl/N-ethyl adjacent to an activating group) is 1. The van der Waals surface area contributed by atoms with Gasteiger partial charge in [-0.3, -0.25) is 9.59 Å². The molecule has 0 saturated carbocycles. The molecule has 1 aliphatic rings. The highest BCUT2D eigenvalue weighted by molar-refractivity contribution is 7.88. The lowest BCUT2D eigenvalue weighted by Crippen LogP contribution is -2.37. The highest BCUT2D eigenvalue weighted by atomic mass is 32.2. The number of sulfonamides is 1. The smallest absolute Gasteiger partial charge is 0.338 e. The van der Waals surface area contributed by atoms with Crippen LogP contribution in [0.25, 0.3) is 11.3 Å². The number of carbonyl (C=O) groups is 3. The molecule has 3 aromatic rings. The summed E-state index contributed by atoms with van der Waals surface area (Å²) in [6, 6.07) is 21.2. The minimum atomic E-state index is -3.49. The van der Waals surface area contributed by atoms with Gasteiger partial charge in [0.15, 0.2) is 0 Å². The van der Waals surface area contributed by atoms with Gasteiger partial charge in [0.25, 0.3) is 5.91 Å². The van der Waals surface area contributed by atoms with Crippen LogP contribution in [0.5, 0.6) is 0 Å². The first-order valence-corrected chi connectivity index (χ1v) is 14.0. The van der Waals surface area contributed by atoms with Gasteiger partial charge in [0.2, 0.25) is 15.9 Å². The average Bonchev–Trinajstić information content (AvgIpc) is 3.25. The normalized spacial score (nSPS) is 13.8. The van der Waals surface area contributed by atoms with Gasteiger partial charge in [-0.2, -0.15) is 0 Å². The zero-order chi connectivity index (χ0) is 28.2. The van der Waals surface area contributed by atoms with E-state index >= 15 is 0 Å². The molecule has 11 heteroatoms. The maximum Gasteiger partial charge on any atom is 0.338 e. The number of nitrogens with zero attached hydrogens (tertiary/aromatic N) is 1. The van der Waals surface area contributed by atoms with Gasteiger partial charge in [0.05, 0.1) is 41.9 Å². The second kappa shape index (κ2) is 11.5. The van der Waals surface area contributed by atoms with Crippen LogP contribution in [0.4, 0.5) is 17.1 Å². The molecule has 0 saturated heterocycles. The van der Waals surface area contributed by atoms with Crippen molar-refractivity contribution in [1.29, 1.82) is 0 Å². The summed E-state index contributed by atoms with van der Waals surface area (Å²) < 4.78 is 29.9. The molecule has 202 valence electrons. The van der Waals surface area contributed by atoms with Gasteiger partial charge in [-0.1, -0.05) is 36.4 Å². The van der Waals surface area contributed by atoms with E-state index in [0.29, 0.717) is 39.5 Å². The minimum absolute atomic E-state index is 0.246. The summed E-state index contributed by atoms with van der Waals surface area (Å²) in [5.74, 6) is -1.21. The quantitative estimate of drug-likeness (QED) is 0.276. The molecule has 0 fully saturated rings. The minimum Gasteiger partial charge on any atom is -0.462 e. The lowest BCUT2D eigenvalue weighted by molar-refractivity contribution is -0.117. The molecule has 0 spiro atoms. The summed E-state index contributed by atoms with van der Waals surface area (Å²) in [5.41, 5.74) is 4.45. The fourth-order valence-electron chi connectivity index (χ4n) is 4.01. The summed E-state index contributed by atoms with van der Waals surface area (Å²) in [6.07, 6.45) is 0.988. The number of fused-ring (bicyclic) bond motifs is 1. The molecular formula is C28H28N4O6S. The SMILES string of the molecule is CCOC(=O)c1ccc2c(c1)NC(=O)/C2=C(\Nc1ccc(N(C)C(=O)CNS(C)(=O)=O)cc1)c1ccccc1. The van der Waals surface area contributed by atoms with E-state index in [0.717, 1.165) is 11.8 Å². The van der Waals surface area contributed by atoms with Crippen molar-refractivity contribution in [3.63, 3.8) is 0 Å². The third kappa shape index (κ3) is 6.51. The van der Waals surface area contributed by atoms with Crippen molar-refractivity contribution in [3.05, 3.63) is 89.5 Å². The van der Waals surface area contributed by atoms with Crippen LogP contribution in [0.15, 0.2) is 72.8 Å². The van der Waals surface area contributed by atoms with Gasteiger partial charge in [0, 0.05) is 24.0 Å². The highest BCUT2D eigenvalue weighted by Crippen LogP contribution is 2.38. The summed E-state index contributed by atoms with van der Waals surface area (Å²) in [4.78, 5) is 39.1. The summed E-state index contributed by atoms with van der Waals surface area (Å²) in [6.45, 7) is 1.62. The molecule has 0 aromatic heterocycles. The Labute approximate surface area is 226 Å². The summed E-state index contributed by atoms with van der Waals surface area (Å²) in [5, 5.41) is 6.18. The second-order valence-electron chi connectivity index (χ2n) is 8.77. The van der Waals surface area contributed by atoms with Crippen LogP contribution in [0.1, 0.15) is 28.4 Å². The third-order valence-corrected chi connectivity index (χ3v) is 6.64. The van der Waals surface area contributed by atoms with Gasteiger partial charge < -0.3 is 20.3 Å². The number of carbonyl (C=O) groups excluding carboxylic acids is 3. The Morgan fingerprint density at radius 3 is 2.31 bits per heavy atom. The van der Waals surface area contributed by atoms with E-state index in [9.17, 15) is 22.8 Å². The zero-order valence-corrected chi connectivity index (χ0v) is 22.5. The highest BCUT2D eigenvalue weighted by Gasteiger charge is 2.29. The molecule has 0 aliphatic carbocycles. The molecule has 1 aliphatic heterocycles. The van der Waals surface area contributed by atoms with E-state index in [-0.39, 0.29) is 19.1 Å². The zero-order valence-electron chi connectivity index (χ0n) is 21.6. The second-order valence-corrected chi connectivity index (χ2v) is 10.6. The van der Waals surface area contributed by atoms with Crippen LogP contribution in [-0.2, 0) is 24.3 Å². The van der Waals surface area contributed by atoms with Gasteiger partial charge in [-0.05, 0) is 48.9 Å². The molecule has 3 aromatic carbocycles. The predicted molar refractivity (Wildman–Crippen MR) is 151 cm³/mol. The number of anilines is 3. The van der Waals surface area contributed by atoms with Crippen LogP contribution in [-0.4, -0.2) is 52.7 Å². The Hall–Kier alpha value is -4.48. The number of benzene rings is 3. The van der Waals surface area contributed by atoms with Crippen molar-refractivity contribution in [2.75, 3.05) is 42.0 Å². The number of rotatable bonds is 9. The lowest BCUT2D eigenvalue weighted by Gasteiger charge is -2.19. The van der Waals surface area contributed by atoms with E-state index < -0.39 is 21.9 Å². The van der Waals surface area contributed by atoms with Crippen LogP contribution >= 0.6 is 0 Å². The number of amides is 2. The molecule has 0 radical (unpaired) electrons. The molecule has 39 heavy (non-hydrogen) atoms. The summed E-state index contributed by atoms with van der Waals surface area (Å²) >= 11 is 0. The Morgan fingerprint density at radius 2 is 1.67 bits per heavy atom. The molecule has 0 unspecified atom stereocenters. The molecule has 1 heterocycles. The fraction of sp³-hybridized carbons (Fsp3) is 0.179. The van der Waals surface area contributed by atoms with E-state index in [2.05, 4.69) is 15.4 Å². The van der Waals surface area contributed by atoms with Gasteiger partial charge >= 0.3 is 5.97 Å². The van der Waals surface area contributed by atoms with Crippen molar-refractivity contribution in [3.8, 4) is 0 Å². The monoisotopic (exact) mass is 548 g/mol.